The monoisotopic (exact) mass is 145 g/mol. The summed E-state index contributed by atoms with van der Waals surface area (Å²) in [5.41, 5.74) is 0. The standard InChI is InChI=1S/C7H15NS/c1-9(2)6-7-3-4-8-5-7/h7-8H,1,3-6H2,2H3. The zero-order chi connectivity index (χ0) is 6.69. The Morgan fingerprint density at radius 3 is 3.00 bits per heavy atom. The minimum Gasteiger partial charge on any atom is -0.316 e. The molecule has 2 atom stereocenters. The molecule has 2 unspecified atom stereocenters. The van der Waals surface area contributed by atoms with Gasteiger partial charge in [-0.05, 0) is 37.4 Å². The predicted molar refractivity (Wildman–Crippen MR) is 46.5 cm³/mol. The van der Waals surface area contributed by atoms with Crippen molar-refractivity contribution in [1.29, 1.82) is 0 Å². The van der Waals surface area contributed by atoms with Gasteiger partial charge in [-0.1, -0.05) is 5.87 Å². The van der Waals surface area contributed by atoms with E-state index in [1.54, 1.807) is 0 Å². The highest BCUT2D eigenvalue weighted by Gasteiger charge is 2.12. The molecule has 0 spiro atoms. The molecule has 9 heavy (non-hydrogen) atoms. The highest BCUT2D eigenvalue weighted by Crippen LogP contribution is 2.15. The topological polar surface area (TPSA) is 12.0 Å². The first-order chi connectivity index (χ1) is 4.29. The van der Waals surface area contributed by atoms with E-state index in [9.17, 15) is 0 Å². The third-order valence-electron chi connectivity index (χ3n) is 1.68. The van der Waals surface area contributed by atoms with Crippen LogP contribution in [-0.4, -0.2) is 31.0 Å². The zero-order valence-electron chi connectivity index (χ0n) is 6.02. The third kappa shape index (κ3) is 2.50. The van der Waals surface area contributed by atoms with E-state index < -0.39 is 0 Å². The lowest BCUT2D eigenvalue weighted by atomic mass is 10.2. The van der Waals surface area contributed by atoms with E-state index in [0.717, 1.165) is 5.92 Å². The van der Waals surface area contributed by atoms with E-state index in [-0.39, 0.29) is 0 Å². The van der Waals surface area contributed by atoms with Crippen LogP contribution < -0.4 is 5.32 Å². The first-order valence-corrected chi connectivity index (χ1v) is 5.39. The lowest BCUT2D eigenvalue weighted by molar-refractivity contribution is 0.663. The fourth-order valence-corrected chi connectivity index (χ4v) is 2.35. The minimum absolute atomic E-state index is 0.405. The summed E-state index contributed by atoms with van der Waals surface area (Å²) < 4.78 is 0. The summed E-state index contributed by atoms with van der Waals surface area (Å²) in [5.74, 6) is 6.26. The van der Waals surface area contributed by atoms with E-state index in [1.807, 2.05) is 0 Å². The van der Waals surface area contributed by atoms with Crippen LogP contribution in [0.15, 0.2) is 0 Å². The molecular formula is C7H15NS. The van der Waals surface area contributed by atoms with E-state index in [2.05, 4.69) is 17.4 Å². The van der Waals surface area contributed by atoms with Crippen LogP contribution in [0.1, 0.15) is 6.42 Å². The second-order valence-corrected chi connectivity index (χ2v) is 4.70. The van der Waals surface area contributed by atoms with Gasteiger partial charge in [0.1, 0.15) is 0 Å². The smallest absolute Gasteiger partial charge is 0.00123 e. The van der Waals surface area contributed by atoms with Crippen molar-refractivity contribution in [1.82, 2.24) is 5.32 Å². The Morgan fingerprint density at radius 1 is 1.78 bits per heavy atom. The molecule has 1 aliphatic heterocycles. The van der Waals surface area contributed by atoms with Gasteiger partial charge in [0.15, 0.2) is 0 Å². The minimum atomic E-state index is 0.405. The summed E-state index contributed by atoms with van der Waals surface area (Å²) in [6, 6.07) is 0. The highest BCUT2D eigenvalue weighted by molar-refractivity contribution is 8.13. The summed E-state index contributed by atoms with van der Waals surface area (Å²) in [5, 5.41) is 3.35. The molecule has 0 amide bonds. The van der Waals surface area contributed by atoms with Gasteiger partial charge < -0.3 is 5.32 Å². The van der Waals surface area contributed by atoms with E-state index in [4.69, 9.17) is 0 Å². The van der Waals surface area contributed by atoms with Crippen molar-refractivity contribution in [3.05, 3.63) is 0 Å². The third-order valence-corrected chi connectivity index (χ3v) is 2.72. The molecule has 2 heteroatoms. The molecular weight excluding hydrogens is 130 g/mol. The van der Waals surface area contributed by atoms with Crippen LogP contribution >= 0.6 is 10.5 Å². The average molecular weight is 145 g/mol. The van der Waals surface area contributed by atoms with Gasteiger partial charge >= 0.3 is 0 Å². The molecule has 54 valence electrons. The van der Waals surface area contributed by atoms with E-state index >= 15 is 0 Å². The lowest BCUT2D eigenvalue weighted by Gasteiger charge is -2.06. The quantitative estimate of drug-likeness (QED) is 0.570. The number of hydrogen-bond acceptors (Lipinski definition) is 1. The Hall–Kier alpha value is 0.180. The molecule has 1 heterocycles. The zero-order valence-corrected chi connectivity index (χ0v) is 6.84. The molecule has 0 bridgehead atoms. The largest absolute Gasteiger partial charge is 0.316 e. The summed E-state index contributed by atoms with van der Waals surface area (Å²) in [6.45, 7) is 2.45. The SMILES string of the molecule is C=S(C)CC1CCNC1. The van der Waals surface area contributed by atoms with Crippen LogP contribution in [0, 0.1) is 5.92 Å². The molecule has 1 N–H and O–H groups in total. The second kappa shape index (κ2) is 3.37. The van der Waals surface area contributed by atoms with Crippen LogP contribution in [0.4, 0.5) is 0 Å². The van der Waals surface area contributed by atoms with Gasteiger partial charge in [-0.15, -0.1) is 0 Å². The van der Waals surface area contributed by atoms with Gasteiger partial charge in [-0.2, -0.15) is 10.5 Å². The van der Waals surface area contributed by atoms with Gasteiger partial charge in [0.25, 0.3) is 0 Å². The first-order valence-electron chi connectivity index (χ1n) is 3.42. The van der Waals surface area contributed by atoms with Crippen LogP contribution in [0.25, 0.3) is 0 Å². The molecule has 0 radical (unpaired) electrons. The highest BCUT2D eigenvalue weighted by atomic mass is 32.2. The maximum atomic E-state index is 4.00. The predicted octanol–water partition coefficient (Wildman–Crippen LogP) is 0.927. The van der Waals surface area contributed by atoms with Gasteiger partial charge in [-0.25, -0.2) is 0 Å². The molecule has 1 fully saturated rings. The van der Waals surface area contributed by atoms with Crippen LogP contribution in [0.5, 0.6) is 0 Å². The van der Waals surface area contributed by atoms with Crippen molar-refractivity contribution in [2.24, 2.45) is 5.92 Å². The molecule has 0 aromatic carbocycles. The summed E-state index contributed by atoms with van der Waals surface area (Å²) >= 11 is 0. The van der Waals surface area contributed by atoms with Crippen LogP contribution in [0.2, 0.25) is 0 Å². The molecule has 0 aromatic heterocycles. The summed E-state index contributed by atoms with van der Waals surface area (Å²) in [4.78, 5) is 0. The average Bonchev–Trinajstić information content (AvgIpc) is 2.15. The van der Waals surface area contributed by atoms with Crippen molar-refractivity contribution in [3.63, 3.8) is 0 Å². The Morgan fingerprint density at radius 2 is 2.56 bits per heavy atom. The molecule has 1 aliphatic rings. The Bertz CT molecular complexity index is 105. The second-order valence-electron chi connectivity index (χ2n) is 2.81. The summed E-state index contributed by atoms with van der Waals surface area (Å²) in [6.07, 6.45) is 3.59. The molecule has 0 aliphatic carbocycles. The Kier molecular flexibility index (Phi) is 2.73. The maximum Gasteiger partial charge on any atom is -0.00123 e. The molecule has 0 saturated carbocycles. The van der Waals surface area contributed by atoms with Crippen molar-refractivity contribution >= 4 is 16.4 Å². The van der Waals surface area contributed by atoms with Gasteiger partial charge in [0.2, 0.25) is 0 Å². The van der Waals surface area contributed by atoms with Crippen molar-refractivity contribution in [3.8, 4) is 0 Å². The number of hydrogen-bond donors (Lipinski definition) is 1. The first kappa shape index (κ1) is 7.29. The Labute approximate surface area is 59.8 Å². The fraction of sp³-hybridized carbons (Fsp3) is 0.857. The van der Waals surface area contributed by atoms with E-state index in [1.165, 1.54) is 25.3 Å². The van der Waals surface area contributed by atoms with Crippen molar-refractivity contribution < 1.29 is 0 Å². The lowest BCUT2D eigenvalue weighted by Crippen LogP contribution is -2.10. The fourth-order valence-electron chi connectivity index (χ4n) is 1.26. The summed E-state index contributed by atoms with van der Waals surface area (Å²) in [7, 11) is 0.405. The molecule has 1 rings (SSSR count). The van der Waals surface area contributed by atoms with Gasteiger partial charge in [0.05, 0.1) is 0 Å². The maximum absolute atomic E-state index is 4.00. The van der Waals surface area contributed by atoms with Gasteiger partial charge in [0, 0.05) is 0 Å². The van der Waals surface area contributed by atoms with E-state index in [0.29, 0.717) is 10.5 Å². The Balaban J connectivity index is 2.19. The van der Waals surface area contributed by atoms with Crippen molar-refractivity contribution in [2.75, 3.05) is 25.1 Å². The van der Waals surface area contributed by atoms with Crippen molar-refractivity contribution in [2.45, 2.75) is 6.42 Å². The van der Waals surface area contributed by atoms with Crippen LogP contribution in [-0.2, 0) is 0 Å². The molecule has 1 nitrogen and oxygen atoms in total. The van der Waals surface area contributed by atoms with Crippen LogP contribution in [0.3, 0.4) is 0 Å². The molecule has 1 saturated heterocycles. The van der Waals surface area contributed by atoms with Gasteiger partial charge in [-0.3, -0.25) is 0 Å². The molecule has 0 aromatic rings. The number of nitrogens with one attached hydrogen (secondary N) is 1. The normalized spacial score (nSPS) is 30.6. The number of rotatable bonds is 2.